The number of esters is 1. The maximum atomic E-state index is 12.2. The molecule has 1 atom stereocenters. The van der Waals surface area contributed by atoms with E-state index in [2.05, 4.69) is 5.32 Å². The highest BCUT2D eigenvalue weighted by Crippen LogP contribution is 2.27. The first kappa shape index (κ1) is 17.4. The van der Waals surface area contributed by atoms with Gasteiger partial charge in [-0.15, -0.1) is 0 Å². The van der Waals surface area contributed by atoms with Gasteiger partial charge in [-0.2, -0.15) is 0 Å². The van der Waals surface area contributed by atoms with Gasteiger partial charge >= 0.3 is 5.97 Å². The van der Waals surface area contributed by atoms with Crippen molar-refractivity contribution in [3.63, 3.8) is 0 Å². The quantitative estimate of drug-likeness (QED) is 0.602. The van der Waals surface area contributed by atoms with Crippen molar-refractivity contribution in [2.24, 2.45) is 0 Å². The minimum atomic E-state index is -0.691. The van der Waals surface area contributed by atoms with Gasteiger partial charge in [-0.1, -0.05) is 25.7 Å². The number of methoxy groups -OCH3 is 2. The standard InChI is InChI=1S/C16H31NO3/c1-15(2,20-5)12-16(3,14(18)19-4)17-13-10-8-6-7-9-11-13/h13,17H,6-12H2,1-5H3. The molecule has 1 unspecified atom stereocenters. The van der Waals surface area contributed by atoms with Gasteiger partial charge in [0.05, 0.1) is 12.7 Å². The molecule has 118 valence electrons. The van der Waals surface area contributed by atoms with Gasteiger partial charge in [0.25, 0.3) is 0 Å². The van der Waals surface area contributed by atoms with E-state index in [1.807, 2.05) is 20.8 Å². The van der Waals surface area contributed by atoms with Crippen LogP contribution in [0.15, 0.2) is 0 Å². The van der Waals surface area contributed by atoms with Crippen LogP contribution in [0.25, 0.3) is 0 Å². The molecule has 0 heterocycles. The molecule has 1 aliphatic carbocycles. The van der Waals surface area contributed by atoms with Crippen LogP contribution in [-0.2, 0) is 14.3 Å². The summed E-state index contributed by atoms with van der Waals surface area (Å²) < 4.78 is 10.5. The van der Waals surface area contributed by atoms with E-state index in [9.17, 15) is 4.79 Å². The predicted molar refractivity (Wildman–Crippen MR) is 80.8 cm³/mol. The average Bonchev–Trinajstić information content (AvgIpc) is 2.65. The van der Waals surface area contributed by atoms with Crippen molar-refractivity contribution in [1.82, 2.24) is 5.32 Å². The number of nitrogens with one attached hydrogen (secondary N) is 1. The van der Waals surface area contributed by atoms with Crippen LogP contribution in [0, 0.1) is 0 Å². The molecule has 1 rings (SSSR count). The van der Waals surface area contributed by atoms with Crippen LogP contribution in [0.2, 0.25) is 0 Å². The van der Waals surface area contributed by atoms with Crippen molar-refractivity contribution < 1.29 is 14.3 Å². The number of rotatable bonds is 6. The normalized spacial score (nSPS) is 21.1. The summed E-state index contributed by atoms with van der Waals surface area (Å²) in [5.41, 5.74) is -1.05. The van der Waals surface area contributed by atoms with E-state index in [1.54, 1.807) is 7.11 Å². The fraction of sp³-hybridized carbons (Fsp3) is 0.938. The maximum Gasteiger partial charge on any atom is 0.325 e. The number of carbonyl (C=O) groups is 1. The molecule has 4 nitrogen and oxygen atoms in total. The Morgan fingerprint density at radius 1 is 1.10 bits per heavy atom. The first-order valence-corrected chi connectivity index (χ1v) is 7.74. The lowest BCUT2D eigenvalue weighted by atomic mass is 9.86. The van der Waals surface area contributed by atoms with E-state index in [1.165, 1.54) is 32.8 Å². The summed E-state index contributed by atoms with van der Waals surface area (Å²) in [5, 5.41) is 3.56. The van der Waals surface area contributed by atoms with E-state index in [-0.39, 0.29) is 11.6 Å². The fourth-order valence-corrected chi connectivity index (χ4v) is 3.21. The van der Waals surface area contributed by atoms with Gasteiger partial charge in [0.15, 0.2) is 0 Å². The molecular weight excluding hydrogens is 254 g/mol. The van der Waals surface area contributed by atoms with Crippen LogP contribution in [0.3, 0.4) is 0 Å². The molecule has 1 N–H and O–H groups in total. The van der Waals surface area contributed by atoms with E-state index >= 15 is 0 Å². The van der Waals surface area contributed by atoms with Gasteiger partial charge in [-0.3, -0.25) is 10.1 Å². The highest BCUT2D eigenvalue weighted by atomic mass is 16.5. The van der Waals surface area contributed by atoms with Crippen LogP contribution in [0.4, 0.5) is 0 Å². The zero-order valence-electron chi connectivity index (χ0n) is 13.8. The van der Waals surface area contributed by atoms with Gasteiger partial charge < -0.3 is 9.47 Å². The first-order chi connectivity index (χ1) is 9.33. The van der Waals surface area contributed by atoms with Gasteiger partial charge in [0, 0.05) is 19.6 Å². The van der Waals surface area contributed by atoms with Crippen molar-refractivity contribution in [2.45, 2.75) is 82.9 Å². The van der Waals surface area contributed by atoms with Crippen molar-refractivity contribution in [3.05, 3.63) is 0 Å². The number of hydrogen-bond acceptors (Lipinski definition) is 4. The molecule has 4 heteroatoms. The summed E-state index contributed by atoms with van der Waals surface area (Å²) in [6.45, 7) is 5.94. The monoisotopic (exact) mass is 285 g/mol. The van der Waals surface area contributed by atoms with Crippen molar-refractivity contribution in [1.29, 1.82) is 0 Å². The number of carbonyl (C=O) groups excluding carboxylic acids is 1. The summed E-state index contributed by atoms with van der Waals surface area (Å²) >= 11 is 0. The summed E-state index contributed by atoms with van der Waals surface area (Å²) in [4.78, 5) is 12.2. The maximum absolute atomic E-state index is 12.2. The van der Waals surface area contributed by atoms with E-state index in [4.69, 9.17) is 9.47 Å². The van der Waals surface area contributed by atoms with Crippen LogP contribution in [0.1, 0.15) is 65.7 Å². The summed E-state index contributed by atoms with van der Waals surface area (Å²) in [5.74, 6) is -0.202. The third kappa shape index (κ3) is 5.06. The van der Waals surface area contributed by atoms with Gasteiger partial charge in [0.2, 0.25) is 0 Å². The average molecular weight is 285 g/mol. The summed E-state index contributed by atoms with van der Waals surface area (Å²) in [6, 6.07) is 0.397. The second-order valence-electron chi connectivity index (χ2n) is 6.80. The van der Waals surface area contributed by atoms with Crippen molar-refractivity contribution >= 4 is 5.97 Å². The molecule has 0 aromatic rings. The third-order valence-electron chi connectivity index (χ3n) is 4.35. The molecule has 20 heavy (non-hydrogen) atoms. The molecule has 0 bridgehead atoms. The Labute approximate surface area is 123 Å². The highest BCUT2D eigenvalue weighted by molar-refractivity contribution is 5.80. The lowest BCUT2D eigenvalue weighted by molar-refractivity contribution is -0.151. The van der Waals surface area contributed by atoms with E-state index in [0.717, 1.165) is 12.8 Å². The van der Waals surface area contributed by atoms with Crippen LogP contribution < -0.4 is 5.32 Å². The smallest absolute Gasteiger partial charge is 0.325 e. The third-order valence-corrected chi connectivity index (χ3v) is 4.35. The Hall–Kier alpha value is -0.610. The molecule has 0 spiro atoms. The molecule has 1 aliphatic rings. The Kier molecular flexibility index (Phi) is 6.46. The van der Waals surface area contributed by atoms with Crippen molar-refractivity contribution in [2.75, 3.05) is 14.2 Å². The fourth-order valence-electron chi connectivity index (χ4n) is 3.21. The molecule has 1 fully saturated rings. The molecule has 0 radical (unpaired) electrons. The Morgan fingerprint density at radius 2 is 1.65 bits per heavy atom. The second kappa shape index (κ2) is 7.41. The zero-order valence-corrected chi connectivity index (χ0v) is 13.8. The lowest BCUT2D eigenvalue weighted by Gasteiger charge is -2.38. The largest absolute Gasteiger partial charge is 0.468 e. The van der Waals surface area contributed by atoms with Crippen LogP contribution in [0.5, 0.6) is 0 Å². The number of ether oxygens (including phenoxy) is 2. The summed E-state index contributed by atoms with van der Waals surface area (Å²) in [7, 11) is 3.14. The minimum absolute atomic E-state index is 0.202. The molecule has 1 saturated carbocycles. The first-order valence-electron chi connectivity index (χ1n) is 7.74. The highest BCUT2D eigenvalue weighted by Gasteiger charge is 2.41. The minimum Gasteiger partial charge on any atom is -0.468 e. The molecule has 0 aromatic carbocycles. The molecular formula is C16H31NO3. The molecule has 0 aliphatic heterocycles. The predicted octanol–water partition coefficient (Wildman–Crippen LogP) is 3.05. The van der Waals surface area contributed by atoms with Gasteiger partial charge in [-0.05, 0) is 33.6 Å². The Morgan fingerprint density at radius 3 is 2.10 bits per heavy atom. The molecule has 0 saturated heterocycles. The second-order valence-corrected chi connectivity index (χ2v) is 6.80. The zero-order chi connectivity index (χ0) is 15.2. The SMILES string of the molecule is COC(=O)C(C)(CC(C)(C)OC)NC1CCCCCC1. The van der Waals surface area contributed by atoms with Crippen molar-refractivity contribution in [3.8, 4) is 0 Å². The number of hydrogen-bond donors (Lipinski definition) is 1. The lowest BCUT2D eigenvalue weighted by Crippen LogP contribution is -2.57. The Bertz CT molecular complexity index is 309. The Balaban J connectivity index is 2.79. The van der Waals surface area contributed by atoms with Gasteiger partial charge in [-0.25, -0.2) is 0 Å². The van der Waals surface area contributed by atoms with Crippen LogP contribution >= 0.6 is 0 Å². The van der Waals surface area contributed by atoms with Gasteiger partial charge in [0.1, 0.15) is 5.54 Å². The molecule has 0 amide bonds. The van der Waals surface area contributed by atoms with Crippen LogP contribution in [-0.4, -0.2) is 37.4 Å². The summed E-state index contributed by atoms with van der Waals surface area (Å²) in [6.07, 6.45) is 7.96. The molecule has 0 aromatic heterocycles. The topological polar surface area (TPSA) is 47.6 Å². The van der Waals surface area contributed by atoms with E-state index in [0.29, 0.717) is 12.5 Å². The van der Waals surface area contributed by atoms with E-state index < -0.39 is 5.54 Å².